The first kappa shape index (κ1) is 114. The second-order valence-corrected chi connectivity index (χ2v) is 27.4. The molecule has 0 saturated heterocycles. The maximum absolute atomic E-state index is 6.02. The van der Waals surface area contributed by atoms with Gasteiger partial charge < -0.3 is 147 Å². The van der Waals surface area contributed by atoms with E-state index in [1.54, 1.807) is 0 Å². The van der Waals surface area contributed by atoms with Crippen molar-refractivity contribution in [3.8, 4) is 11.5 Å². The molecule has 31 heteroatoms. The Morgan fingerprint density at radius 3 is 0.388 bits per heavy atom. The second kappa shape index (κ2) is 102. The van der Waals surface area contributed by atoms with Crippen LogP contribution in [0.25, 0.3) is 0 Å². The van der Waals surface area contributed by atoms with Crippen LogP contribution in [0.15, 0.2) is 48.5 Å². The summed E-state index contributed by atoms with van der Waals surface area (Å²) in [5, 5.41) is 0. The summed E-state index contributed by atoms with van der Waals surface area (Å²) in [5.74, 6) is 1.94. The number of unbranched alkanes of at least 4 members (excludes halogenated alkanes) is 12. The SMILES string of the molecule is CCCCCCCCCc1ccccc1OCCOCCOCCOCCOCCOCCOCCOCCOCCOCCOCCOCCOCCOCCOCCOCCOCCOCCOCCOCCOCCOCCOCCOCCOCCOCCOCCOCCOCCOCCOc1ccccc1CCCCCCCCC. The molecule has 0 aromatic heterocycles. The summed E-state index contributed by atoms with van der Waals surface area (Å²) in [6.45, 7) is 34.0. The fraction of sp³-hybridized carbons (Fsp3) is 0.867. The molecule has 0 fully saturated rings. The molecule has 0 bridgehead atoms. The van der Waals surface area contributed by atoms with E-state index in [2.05, 4.69) is 50.2 Å². The van der Waals surface area contributed by atoms with Crippen molar-refractivity contribution in [3.63, 3.8) is 0 Å². The Bertz CT molecular complexity index is 2090. The first-order valence-electron chi connectivity index (χ1n) is 45.5. The Labute approximate surface area is 727 Å². The van der Waals surface area contributed by atoms with E-state index in [-0.39, 0.29) is 0 Å². The molecule has 121 heavy (non-hydrogen) atoms. The van der Waals surface area contributed by atoms with Gasteiger partial charge in [-0.1, -0.05) is 127 Å². The maximum Gasteiger partial charge on any atom is 0.122 e. The van der Waals surface area contributed by atoms with Crippen LogP contribution in [0.3, 0.4) is 0 Å². The zero-order valence-electron chi connectivity index (χ0n) is 75.0. The van der Waals surface area contributed by atoms with Gasteiger partial charge in [0.2, 0.25) is 0 Å². The molecule has 0 N–H and O–H groups in total. The highest BCUT2D eigenvalue weighted by molar-refractivity contribution is 5.34. The second-order valence-electron chi connectivity index (χ2n) is 27.4. The first-order valence-corrected chi connectivity index (χ1v) is 45.5. The Morgan fingerprint density at radius 1 is 0.132 bits per heavy atom. The number of hydrogen-bond acceptors (Lipinski definition) is 31. The van der Waals surface area contributed by atoms with Crippen molar-refractivity contribution in [1.29, 1.82) is 0 Å². The predicted octanol–water partition coefficient (Wildman–Crippen LogP) is 10.2. The average Bonchev–Trinajstić information content (AvgIpc) is 0.897. The molecule has 0 saturated carbocycles. The Kier molecular flexibility index (Phi) is 96.3. The van der Waals surface area contributed by atoms with Gasteiger partial charge in [0.1, 0.15) is 24.7 Å². The van der Waals surface area contributed by atoms with E-state index in [0.717, 1.165) is 24.3 Å². The normalized spacial score (nSPS) is 11.7. The molecule has 0 spiro atoms. The summed E-state index contributed by atoms with van der Waals surface area (Å²) in [7, 11) is 0. The smallest absolute Gasteiger partial charge is 0.122 e. The van der Waals surface area contributed by atoms with Crippen LogP contribution in [0, 0.1) is 0 Å². The Balaban J connectivity index is 1.10. The molecule has 2 aromatic carbocycles. The zero-order chi connectivity index (χ0) is 85.6. The third kappa shape index (κ3) is 90.0. The number of para-hydroxylation sites is 2. The number of hydrogen-bond donors (Lipinski definition) is 0. The van der Waals surface area contributed by atoms with Gasteiger partial charge in [-0.3, -0.25) is 0 Å². The molecule has 0 aliphatic rings. The van der Waals surface area contributed by atoms with Crippen molar-refractivity contribution in [2.24, 2.45) is 0 Å². The molecule has 2 rings (SSSR count). The van der Waals surface area contributed by atoms with Gasteiger partial charge in [-0.15, -0.1) is 0 Å². The largest absolute Gasteiger partial charge is 0.491 e. The maximum atomic E-state index is 6.02. The first-order chi connectivity index (χ1) is 60.3. The van der Waals surface area contributed by atoms with Gasteiger partial charge in [-0.05, 0) is 48.9 Å². The average molecular weight is 1740 g/mol. The number of rotatable bonds is 108. The lowest BCUT2D eigenvalue weighted by atomic mass is 10.0. The molecule has 0 radical (unpaired) electrons. The van der Waals surface area contributed by atoms with Crippen molar-refractivity contribution in [2.45, 2.75) is 117 Å². The molecule has 0 amide bonds. The van der Waals surface area contributed by atoms with Crippen LogP contribution in [-0.4, -0.2) is 396 Å². The van der Waals surface area contributed by atoms with Gasteiger partial charge in [0.25, 0.3) is 0 Å². The fourth-order valence-corrected chi connectivity index (χ4v) is 10.9. The summed E-state index contributed by atoms with van der Waals surface area (Å²) >= 11 is 0. The van der Waals surface area contributed by atoms with Crippen LogP contribution < -0.4 is 9.47 Å². The summed E-state index contributed by atoms with van der Waals surface area (Å²) in [5.41, 5.74) is 2.56. The molecule has 2 aromatic rings. The molecule has 0 unspecified atom stereocenters. The highest BCUT2D eigenvalue weighted by atomic mass is 16.6. The van der Waals surface area contributed by atoms with Crippen LogP contribution in [0.2, 0.25) is 0 Å². The van der Waals surface area contributed by atoms with Crippen molar-refractivity contribution < 1.29 is 147 Å². The van der Waals surface area contributed by atoms with Crippen molar-refractivity contribution in [2.75, 3.05) is 396 Å². The zero-order valence-corrected chi connectivity index (χ0v) is 75.0. The quantitative estimate of drug-likeness (QED) is 0.0556. The van der Waals surface area contributed by atoms with Crippen LogP contribution >= 0.6 is 0 Å². The fourth-order valence-electron chi connectivity index (χ4n) is 10.9. The van der Waals surface area contributed by atoms with Gasteiger partial charge in [-0.25, -0.2) is 0 Å². The van der Waals surface area contributed by atoms with Gasteiger partial charge in [0, 0.05) is 0 Å². The highest BCUT2D eigenvalue weighted by Crippen LogP contribution is 2.23. The van der Waals surface area contributed by atoms with E-state index in [1.165, 1.54) is 101 Å². The minimum absolute atomic E-state index is 0.479. The minimum atomic E-state index is 0.479. The van der Waals surface area contributed by atoms with Crippen LogP contribution in [0.4, 0.5) is 0 Å². The Hall–Kier alpha value is -3.12. The van der Waals surface area contributed by atoms with Gasteiger partial charge in [0.05, 0.1) is 383 Å². The Morgan fingerprint density at radius 2 is 0.248 bits per heavy atom. The van der Waals surface area contributed by atoms with Crippen LogP contribution in [0.5, 0.6) is 11.5 Å². The van der Waals surface area contributed by atoms with E-state index < -0.39 is 0 Å². The van der Waals surface area contributed by atoms with E-state index in [1.807, 2.05) is 12.1 Å². The highest BCUT2D eigenvalue weighted by Gasteiger charge is 2.08. The van der Waals surface area contributed by atoms with Crippen molar-refractivity contribution in [1.82, 2.24) is 0 Å². The summed E-state index contributed by atoms with van der Waals surface area (Å²) in [4.78, 5) is 0. The number of ether oxygens (including phenoxy) is 31. The molecule has 0 aliphatic carbocycles. The lowest BCUT2D eigenvalue weighted by Crippen LogP contribution is -2.16. The number of aryl methyl sites for hydroxylation is 2. The predicted molar refractivity (Wildman–Crippen MR) is 461 cm³/mol. The molecule has 0 heterocycles. The lowest BCUT2D eigenvalue weighted by molar-refractivity contribution is -0.0324. The molecule has 712 valence electrons. The van der Waals surface area contributed by atoms with E-state index >= 15 is 0 Å². The van der Waals surface area contributed by atoms with Crippen LogP contribution in [0.1, 0.15) is 115 Å². The monoisotopic (exact) mass is 1740 g/mol. The molecule has 0 aliphatic heterocycles. The lowest BCUT2D eigenvalue weighted by Gasteiger charge is -2.12. The summed E-state index contributed by atoms with van der Waals surface area (Å²) in [6.07, 6.45) is 20.4. The standard InChI is InChI=1S/C90H166O31/c1-3-5-7-9-11-13-15-21-87-23-17-19-25-89(87)120-85-83-118-81-79-116-77-75-114-73-71-112-69-67-110-65-63-108-61-59-106-57-55-104-53-51-102-49-47-100-45-43-98-41-39-96-37-35-94-33-31-92-29-27-91-28-30-93-32-34-95-36-38-97-40-42-99-44-46-101-48-50-103-52-54-105-56-58-107-60-62-109-64-66-111-68-70-113-72-74-115-76-78-117-80-82-119-84-86-121-90-26-20-18-24-88(90)22-16-14-12-10-8-6-4-2/h17-20,23-26H,3-16,21-22,27-86H2,1-2H3. The molecular weight excluding hydrogens is 1580 g/mol. The van der Waals surface area contributed by atoms with Crippen molar-refractivity contribution in [3.05, 3.63) is 59.7 Å². The summed E-state index contributed by atoms with van der Waals surface area (Å²) in [6, 6.07) is 16.7. The minimum Gasteiger partial charge on any atom is -0.491 e. The third-order valence-electron chi connectivity index (χ3n) is 17.4. The number of benzene rings is 2. The third-order valence-corrected chi connectivity index (χ3v) is 17.4. The summed E-state index contributed by atoms with van der Waals surface area (Å²) < 4.78 is 174. The van der Waals surface area contributed by atoms with E-state index in [9.17, 15) is 0 Å². The molecule has 0 atom stereocenters. The van der Waals surface area contributed by atoms with Crippen LogP contribution in [-0.2, 0) is 150 Å². The van der Waals surface area contributed by atoms with Gasteiger partial charge in [0.15, 0.2) is 0 Å². The van der Waals surface area contributed by atoms with Gasteiger partial charge >= 0.3 is 0 Å². The van der Waals surface area contributed by atoms with E-state index in [4.69, 9.17) is 147 Å². The van der Waals surface area contributed by atoms with Gasteiger partial charge in [-0.2, -0.15) is 0 Å². The van der Waals surface area contributed by atoms with E-state index in [0.29, 0.717) is 396 Å². The topological polar surface area (TPSA) is 286 Å². The van der Waals surface area contributed by atoms with Crippen molar-refractivity contribution >= 4 is 0 Å². The molecular formula is C90H166O31. The molecule has 31 nitrogen and oxygen atoms in total.